The van der Waals surface area contributed by atoms with Crippen LogP contribution in [0.2, 0.25) is 0 Å². The first-order valence-corrected chi connectivity index (χ1v) is 13.6. The van der Waals surface area contributed by atoms with Crippen LogP contribution in [0.25, 0.3) is 0 Å². The van der Waals surface area contributed by atoms with E-state index in [4.69, 9.17) is 10.1 Å². The summed E-state index contributed by atoms with van der Waals surface area (Å²) in [5.74, 6) is -2.64. The summed E-state index contributed by atoms with van der Waals surface area (Å²) in [5.41, 5.74) is 2.65. The maximum Gasteiger partial charge on any atom is 0.414 e. The lowest BCUT2D eigenvalue weighted by Gasteiger charge is -2.17. The van der Waals surface area contributed by atoms with Crippen LogP contribution in [-0.4, -0.2) is 56.7 Å². The summed E-state index contributed by atoms with van der Waals surface area (Å²) < 4.78 is 5.01. The van der Waals surface area contributed by atoms with Crippen LogP contribution in [0, 0.1) is 5.41 Å². The average molecular weight is 614 g/mol. The fourth-order valence-electron chi connectivity index (χ4n) is 4.07. The molecule has 2 heterocycles. The molecule has 45 heavy (non-hydrogen) atoms. The highest BCUT2D eigenvalue weighted by atomic mass is 16.5. The molecular weight excluding hydrogens is 582 g/mol. The number of rotatable bonds is 11. The van der Waals surface area contributed by atoms with Gasteiger partial charge >= 0.3 is 6.09 Å². The van der Waals surface area contributed by atoms with Crippen LogP contribution in [0.3, 0.4) is 0 Å². The molecule has 0 bridgehead atoms. The van der Waals surface area contributed by atoms with Gasteiger partial charge in [-0.25, -0.2) is 9.78 Å². The zero-order chi connectivity index (χ0) is 32.2. The standard InChI is InChI=1S/C30H31N9O6/c1-18(40)35-25(13-22-15-32-17-34-22)28(43)36-21-9-5-8-20(12-21)14-33-26(41)23-10-11-24(37-23)27(42)38-29(31)39-30(44)45-16-19-6-3-2-4-7-19/h2-12,15,17,25,37H,13-14,16H2,1H3,(H,32,34)(H,33,41)(H,35,40)(H,36,43)(H3,31,38,39,42,44)/t25-/m0/s1. The Morgan fingerprint density at radius 2 is 1.64 bits per heavy atom. The molecule has 4 rings (SSSR count). The first kappa shape index (κ1) is 31.7. The summed E-state index contributed by atoms with van der Waals surface area (Å²) in [7, 11) is 0. The lowest BCUT2D eigenvalue weighted by molar-refractivity contribution is -0.125. The molecule has 2 aromatic carbocycles. The monoisotopic (exact) mass is 613 g/mol. The number of aromatic nitrogens is 3. The van der Waals surface area contributed by atoms with Gasteiger partial charge in [-0.05, 0) is 35.4 Å². The molecule has 0 saturated carbocycles. The molecule has 0 saturated heterocycles. The van der Waals surface area contributed by atoms with Crippen LogP contribution < -0.4 is 26.6 Å². The van der Waals surface area contributed by atoms with Gasteiger partial charge in [-0.1, -0.05) is 42.5 Å². The molecule has 0 spiro atoms. The third kappa shape index (κ3) is 9.92. The number of amides is 5. The minimum absolute atomic E-state index is 0.00627. The van der Waals surface area contributed by atoms with Crippen LogP contribution in [-0.2, 0) is 33.9 Å². The van der Waals surface area contributed by atoms with Crippen molar-refractivity contribution in [3.8, 4) is 0 Å². The van der Waals surface area contributed by atoms with Crippen molar-refractivity contribution in [1.82, 2.24) is 36.2 Å². The van der Waals surface area contributed by atoms with Crippen molar-refractivity contribution in [2.75, 3.05) is 5.32 Å². The number of carbonyl (C=O) groups is 5. The zero-order valence-corrected chi connectivity index (χ0v) is 24.1. The number of aromatic amines is 2. The number of alkyl carbamates (subject to hydrolysis) is 1. The van der Waals surface area contributed by atoms with Crippen LogP contribution in [0.5, 0.6) is 0 Å². The number of H-pyrrole nitrogens is 2. The SMILES string of the molecule is CC(=O)N[C@@H](Cc1cnc[nH]1)C(=O)Nc1cccc(CNC(=O)c2ccc(C(=O)NC(=N)NC(=O)OCc3ccccc3)[nH]2)c1. The molecule has 0 aliphatic heterocycles. The van der Waals surface area contributed by atoms with Gasteiger partial charge in [0.25, 0.3) is 11.8 Å². The zero-order valence-electron chi connectivity index (χ0n) is 24.1. The Morgan fingerprint density at radius 3 is 2.36 bits per heavy atom. The summed E-state index contributed by atoms with van der Waals surface area (Å²) >= 11 is 0. The van der Waals surface area contributed by atoms with Crippen LogP contribution in [0.4, 0.5) is 10.5 Å². The summed E-state index contributed by atoms with van der Waals surface area (Å²) in [6.07, 6.45) is 2.36. The molecule has 0 aliphatic rings. The van der Waals surface area contributed by atoms with E-state index < -0.39 is 35.8 Å². The third-order valence-corrected chi connectivity index (χ3v) is 6.17. The second kappa shape index (κ2) is 15.3. The molecule has 232 valence electrons. The number of hydrogen-bond acceptors (Lipinski definition) is 8. The minimum Gasteiger partial charge on any atom is -0.444 e. The Morgan fingerprint density at radius 1 is 0.911 bits per heavy atom. The summed E-state index contributed by atoms with van der Waals surface area (Å²) in [6.45, 7) is 1.42. The lowest BCUT2D eigenvalue weighted by Crippen LogP contribution is -2.44. The Balaban J connectivity index is 1.25. The van der Waals surface area contributed by atoms with Crippen molar-refractivity contribution >= 4 is 41.4 Å². The number of benzene rings is 2. The van der Waals surface area contributed by atoms with Gasteiger partial charge in [0, 0.05) is 37.5 Å². The highest BCUT2D eigenvalue weighted by molar-refractivity contribution is 6.07. The molecule has 0 unspecified atom stereocenters. The van der Waals surface area contributed by atoms with Crippen LogP contribution >= 0.6 is 0 Å². The number of guanidine groups is 1. The second-order valence-electron chi connectivity index (χ2n) is 9.71. The highest BCUT2D eigenvalue weighted by Gasteiger charge is 2.21. The van der Waals surface area contributed by atoms with E-state index >= 15 is 0 Å². The van der Waals surface area contributed by atoms with Crippen molar-refractivity contribution in [3.05, 3.63) is 107 Å². The smallest absolute Gasteiger partial charge is 0.414 e. The van der Waals surface area contributed by atoms with Gasteiger partial charge in [0.15, 0.2) is 0 Å². The number of hydrogen-bond donors (Lipinski definition) is 8. The van der Waals surface area contributed by atoms with Crippen molar-refractivity contribution in [3.63, 3.8) is 0 Å². The predicted octanol–water partition coefficient (Wildman–Crippen LogP) is 1.94. The first-order chi connectivity index (χ1) is 21.7. The predicted molar refractivity (Wildman–Crippen MR) is 162 cm³/mol. The molecule has 0 fully saturated rings. The number of carbonyl (C=O) groups excluding carboxylic acids is 5. The van der Waals surface area contributed by atoms with E-state index in [0.717, 1.165) is 5.56 Å². The van der Waals surface area contributed by atoms with Crippen LogP contribution in [0.1, 0.15) is 44.7 Å². The second-order valence-corrected chi connectivity index (χ2v) is 9.71. The molecule has 1 atom stereocenters. The summed E-state index contributed by atoms with van der Waals surface area (Å²) in [5, 5.41) is 20.2. The van der Waals surface area contributed by atoms with Crippen LogP contribution in [0.15, 0.2) is 79.3 Å². The Bertz CT molecular complexity index is 1670. The van der Waals surface area contributed by atoms with E-state index in [2.05, 4.69) is 41.5 Å². The van der Waals surface area contributed by atoms with Gasteiger partial charge < -0.3 is 30.7 Å². The molecule has 15 heteroatoms. The number of ether oxygens (including phenoxy) is 1. The normalized spacial score (nSPS) is 11.0. The summed E-state index contributed by atoms with van der Waals surface area (Å²) in [4.78, 5) is 71.1. The van der Waals surface area contributed by atoms with Gasteiger partial charge in [0.05, 0.1) is 6.33 Å². The highest BCUT2D eigenvalue weighted by Crippen LogP contribution is 2.13. The molecule has 4 aromatic rings. The van der Waals surface area contributed by atoms with Gasteiger partial charge in [0.1, 0.15) is 24.0 Å². The number of anilines is 1. The average Bonchev–Trinajstić information content (AvgIpc) is 3.72. The van der Waals surface area contributed by atoms with E-state index in [1.54, 1.807) is 54.7 Å². The number of imidazole rings is 1. The van der Waals surface area contributed by atoms with E-state index in [0.29, 0.717) is 16.9 Å². The topological polar surface area (TPSA) is 223 Å². The fourth-order valence-corrected chi connectivity index (χ4v) is 4.07. The number of nitrogens with one attached hydrogen (secondary N) is 8. The van der Waals surface area contributed by atoms with Crippen molar-refractivity contribution in [2.24, 2.45) is 0 Å². The molecule has 5 amide bonds. The van der Waals surface area contributed by atoms with Gasteiger partial charge in [-0.2, -0.15) is 0 Å². The van der Waals surface area contributed by atoms with Crippen molar-refractivity contribution < 1.29 is 28.7 Å². The largest absolute Gasteiger partial charge is 0.444 e. The van der Waals surface area contributed by atoms with E-state index in [-0.39, 0.29) is 36.9 Å². The van der Waals surface area contributed by atoms with Crippen molar-refractivity contribution in [2.45, 2.75) is 32.5 Å². The van der Waals surface area contributed by atoms with Gasteiger partial charge in [-0.3, -0.25) is 35.2 Å². The minimum atomic E-state index is -0.916. The third-order valence-electron chi connectivity index (χ3n) is 6.17. The molecule has 2 aromatic heterocycles. The Kier molecular flexibility index (Phi) is 10.8. The lowest BCUT2D eigenvalue weighted by atomic mass is 10.1. The van der Waals surface area contributed by atoms with E-state index in [1.165, 1.54) is 25.4 Å². The van der Waals surface area contributed by atoms with Gasteiger partial charge in [0.2, 0.25) is 17.8 Å². The maximum atomic E-state index is 12.9. The Hall–Kier alpha value is -6.25. The molecule has 0 radical (unpaired) electrons. The quantitative estimate of drug-likeness (QED) is 0.0926. The maximum absolute atomic E-state index is 12.9. The molecule has 8 N–H and O–H groups in total. The molecule has 0 aliphatic carbocycles. The fraction of sp³-hybridized carbons (Fsp3) is 0.167. The van der Waals surface area contributed by atoms with E-state index in [9.17, 15) is 24.0 Å². The summed E-state index contributed by atoms with van der Waals surface area (Å²) in [6, 6.07) is 17.7. The first-order valence-electron chi connectivity index (χ1n) is 13.6. The number of nitrogens with zero attached hydrogens (tertiary/aromatic N) is 1. The van der Waals surface area contributed by atoms with Gasteiger partial charge in [-0.15, -0.1) is 0 Å². The molecular formula is C30H31N9O6. The Labute approximate surface area is 257 Å². The van der Waals surface area contributed by atoms with E-state index in [1.807, 2.05) is 6.07 Å². The molecule has 15 nitrogen and oxygen atoms in total. The van der Waals surface area contributed by atoms with Crippen molar-refractivity contribution in [1.29, 1.82) is 5.41 Å².